The van der Waals surface area contributed by atoms with Crippen LogP contribution in [0.4, 0.5) is 18.9 Å². The molecule has 2 aliphatic rings. The van der Waals surface area contributed by atoms with Gasteiger partial charge in [-0.05, 0) is 62.6 Å². The number of aliphatic hydroxyl groups excluding tert-OH is 1. The van der Waals surface area contributed by atoms with E-state index in [0.717, 1.165) is 6.07 Å². The predicted molar refractivity (Wildman–Crippen MR) is 136 cm³/mol. The second-order valence-corrected chi connectivity index (χ2v) is 12.9. The molecule has 13 heteroatoms. The van der Waals surface area contributed by atoms with Crippen LogP contribution in [0.25, 0.3) is 0 Å². The zero-order valence-corrected chi connectivity index (χ0v) is 22.5. The van der Waals surface area contributed by atoms with Crippen molar-refractivity contribution in [3.05, 3.63) is 58.4 Å². The van der Waals surface area contributed by atoms with Crippen molar-refractivity contribution in [3.63, 3.8) is 0 Å². The van der Waals surface area contributed by atoms with Gasteiger partial charge in [0, 0.05) is 29.9 Å². The number of aliphatic hydroxyl groups is 2. The van der Waals surface area contributed by atoms with E-state index in [0.29, 0.717) is 25.0 Å². The van der Waals surface area contributed by atoms with Gasteiger partial charge in [0.1, 0.15) is 0 Å². The lowest BCUT2D eigenvalue weighted by Crippen LogP contribution is -2.51. The Morgan fingerprint density at radius 2 is 1.69 bits per heavy atom. The number of halogens is 4. The quantitative estimate of drug-likeness (QED) is 0.349. The maximum atomic E-state index is 13.7. The van der Waals surface area contributed by atoms with Crippen LogP contribution in [-0.2, 0) is 14.6 Å². The molecule has 39 heavy (non-hydrogen) atoms. The van der Waals surface area contributed by atoms with E-state index in [4.69, 9.17) is 11.6 Å². The molecule has 4 rings (SSSR count). The van der Waals surface area contributed by atoms with E-state index in [9.17, 15) is 41.4 Å². The Labute approximate surface area is 228 Å². The van der Waals surface area contributed by atoms with Gasteiger partial charge in [-0.15, -0.1) is 0 Å². The molecule has 0 aromatic heterocycles. The highest BCUT2D eigenvalue weighted by atomic mass is 35.5. The maximum Gasteiger partial charge on any atom is 0.255 e. The van der Waals surface area contributed by atoms with Crippen LogP contribution in [0.15, 0.2) is 35.2 Å². The van der Waals surface area contributed by atoms with E-state index in [2.05, 4.69) is 10.6 Å². The number of benzene rings is 2. The van der Waals surface area contributed by atoms with Crippen molar-refractivity contribution in [1.29, 1.82) is 0 Å². The van der Waals surface area contributed by atoms with E-state index < -0.39 is 67.9 Å². The van der Waals surface area contributed by atoms with Crippen LogP contribution in [0.1, 0.15) is 49.4 Å². The zero-order valence-electron chi connectivity index (χ0n) is 20.9. The molecule has 2 aromatic rings. The number of amides is 2. The zero-order chi connectivity index (χ0) is 28.7. The Balaban J connectivity index is 1.52. The third kappa shape index (κ3) is 5.93. The first-order chi connectivity index (χ1) is 18.2. The summed E-state index contributed by atoms with van der Waals surface area (Å²) in [7, 11) is -4.09. The smallest absolute Gasteiger partial charge is 0.255 e. The fraction of sp³-hybridized carbons (Fsp3) is 0.462. The summed E-state index contributed by atoms with van der Waals surface area (Å²) in [4.78, 5) is 24.8. The summed E-state index contributed by atoms with van der Waals surface area (Å²) in [5.74, 6) is -6.94. The summed E-state index contributed by atoms with van der Waals surface area (Å²) >= 11 is 6.22. The molecule has 2 aliphatic carbocycles. The minimum absolute atomic E-state index is 0.0364. The molecule has 0 spiro atoms. The Bertz CT molecular complexity index is 1370. The third-order valence-electron chi connectivity index (χ3n) is 7.59. The number of nitrogens with one attached hydrogen (secondary N) is 2. The molecule has 2 bridgehead atoms. The molecule has 3 atom stereocenters. The lowest BCUT2D eigenvalue weighted by molar-refractivity contribution is -0.133. The number of rotatable bonds is 8. The van der Waals surface area contributed by atoms with Gasteiger partial charge in [0.25, 0.3) is 5.91 Å². The second kappa shape index (κ2) is 11.1. The lowest BCUT2D eigenvalue weighted by Gasteiger charge is -2.42. The van der Waals surface area contributed by atoms with E-state index >= 15 is 0 Å². The molecule has 3 unspecified atom stereocenters. The summed E-state index contributed by atoms with van der Waals surface area (Å²) in [5.41, 5.74) is -1.90. The van der Waals surface area contributed by atoms with E-state index in [1.807, 2.05) is 0 Å². The maximum absolute atomic E-state index is 13.7. The van der Waals surface area contributed by atoms with Crippen molar-refractivity contribution >= 4 is 38.9 Å². The second-order valence-electron chi connectivity index (χ2n) is 10.3. The summed E-state index contributed by atoms with van der Waals surface area (Å²) in [6.07, 6.45) is 0.292. The van der Waals surface area contributed by atoms with Crippen molar-refractivity contribution < 1.29 is 41.4 Å². The molecule has 2 fully saturated rings. The highest BCUT2D eigenvalue weighted by Gasteiger charge is 2.56. The van der Waals surface area contributed by atoms with E-state index in [1.165, 1.54) is 19.1 Å². The monoisotopic (exact) mass is 588 g/mol. The molecule has 0 heterocycles. The summed E-state index contributed by atoms with van der Waals surface area (Å²) in [5, 5.41) is 24.4. The van der Waals surface area contributed by atoms with Crippen molar-refractivity contribution in [2.45, 2.75) is 60.9 Å². The number of carbonyl (C=O) groups is 2. The van der Waals surface area contributed by atoms with Crippen LogP contribution in [0.5, 0.6) is 0 Å². The lowest BCUT2D eigenvalue weighted by atomic mass is 9.72. The SMILES string of the molecule is CC(O)CNC(=O)CC1(O)C2CCC1CC(S(=O)(=O)c1cc(C(=O)Nc3cc(F)c(F)c(F)c3)ccc1Cl)C2. The normalized spacial score (nSPS) is 25.3. The molecule has 8 nitrogen and oxygen atoms in total. The fourth-order valence-electron chi connectivity index (χ4n) is 5.61. The van der Waals surface area contributed by atoms with Gasteiger partial charge in [0.15, 0.2) is 27.3 Å². The van der Waals surface area contributed by atoms with Crippen LogP contribution in [0, 0.1) is 29.3 Å². The molecule has 2 aromatic carbocycles. The van der Waals surface area contributed by atoms with Crippen LogP contribution in [0.2, 0.25) is 5.02 Å². The molecule has 2 saturated carbocycles. The Kier molecular flexibility index (Phi) is 8.32. The Morgan fingerprint density at radius 3 is 2.26 bits per heavy atom. The van der Waals surface area contributed by atoms with E-state index in [-0.39, 0.29) is 47.0 Å². The molecular weight excluding hydrogens is 561 g/mol. The van der Waals surface area contributed by atoms with Crippen molar-refractivity contribution in [2.24, 2.45) is 11.8 Å². The number of fused-ring (bicyclic) bond motifs is 2. The van der Waals surface area contributed by atoms with Gasteiger partial charge in [-0.1, -0.05) is 11.6 Å². The average molecular weight is 589 g/mol. The molecule has 212 valence electrons. The number of hydrogen-bond donors (Lipinski definition) is 4. The van der Waals surface area contributed by atoms with Crippen LogP contribution < -0.4 is 10.6 Å². The molecule has 0 aliphatic heterocycles. The molecule has 0 saturated heterocycles. The first-order valence-electron chi connectivity index (χ1n) is 12.4. The summed E-state index contributed by atoms with van der Waals surface area (Å²) in [6.45, 7) is 1.55. The average Bonchev–Trinajstić information content (AvgIpc) is 3.01. The highest BCUT2D eigenvalue weighted by molar-refractivity contribution is 7.92. The first kappa shape index (κ1) is 29.3. The van der Waals surface area contributed by atoms with Crippen molar-refractivity contribution in [3.8, 4) is 0 Å². The minimum Gasteiger partial charge on any atom is -0.392 e. The largest absolute Gasteiger partial charge is 0.392 e. The predicted octanol–water partition coefficient (Wildman–Crippen LogP) is 3.59. The van der Waals surface area contributed by atoms with Gasteiger partial charge in [-0.2, -0.15) is 0 Å². The minimum atomic E-state index is -4.09. The van der Waals surface area contributed by atoms with Gasteiger partial charge >= 0.3 is 0 Å². The van der Waals surface area contributed by atoms with Crippen LogP contribution in [0.3, 0.4) is 0 Å². The van der Waals surface area contributed by atoms with Crippen molar-refractivity contribution in [1.82, 2.24) is 5.32 Å². The van der Waals surface area contributed by atoms with Gasteiger partial charge in [0.05, 0.1) is 33.3 Å². The van der Waals surface area contributed by atoms with Gasteiger partial charge in [0.2, 0.25) is 5.91 Å². The van der Waals surface area contributed by atoms with Gasteiger partial charge in [-0.3, -0.25) is 9.59 Å². The Morgan fingerprint density at radius 1 is 1.10 bits per heavy atom. The Hall–Kier alpha value is -2.67. The third-order valence-corrected chi connectivity index (χ3v) is 10.2. The highest BCUT2D eigenvalue weighted by Crippen LogP contribution is 2.53. The standard InChI is InChI=1S/C26H28ClF3N2O6S/c1-13(33)12-31-23(34)11-26(36)15-3-4-16(26)8-18(7-15)39(37,38)22-6-14(2-5-19(22)27)25(35)32-17-9-20(28)24(30)21(29)10-17/h2,5-6,9-10,13,15-16,18,33,36H,3-4,7-8,11-12H2,1H3,(H,31,34)(H,32,35). The molecule has 2 amide bonds. The van der Waals surface area contributed by atoms with Crippen LogP contribution >= 0.6 is 11.6 Å². The number of anilines is 1. The number of sulfone groups is 1. The van der Waals surface area contributed by atoms with Crippen LogP contribution in [-0.4, -0.2) is 53.9 Å². The molecule has 0 radical (unpaired) electrons. The van der Waals surface area contributed by atoms with Gasteiger partial charge < -0.3 is 20.8 Å². The molecule has 4 N–H and O–H groups in total. The van der Waals surface area contributed by atoms with Gasteiger partial charge in [-0.25, -0.2) is 21.6 Å². The van der Waals surface area contributed by atoms with Crippen molar-refractivity contribution in [2.75, 3.05) is 11.9 Å². The molecular formula is C26H28ClF3N2O6S. The van der Waals surface area contributed by atoms with E-state index in [1.54, 1.807) is 0 Å². The number of hydrogen-bond acceptors (Lipinski definition) is 6. The fourth-order valence-corrected chi connectivity index (χ4v) is 8.01. The summed E-state index contributed by atoms with van der Waals surface area (Å²) in [6, 6.07) is 4.70. The first-order valence-corrected chi connectivity index (χ1v) is 14.3. The number of carbonyl (C=O) groups excluding carboxylic acids is 2. The topological polar surface area (TPSA) is 133 Å². The summed E-state index contributed by atoms with van der Waals surface area (Å²) < 4.78 is 67.6.